The van der Waals surface area contributed by atoms with Gasteiger partial charge in [-0.25, -0.2) is 0 Å². The quantitative estimate of drug-likeness (QED) is 0.663. The monoisotopic (exact) mass is 306 g/mol. The van der Waals surface area contributed by atoms with E-state index in [0.29, 0.717) is 15.0 Å². The third-order valence-corrected chi connectivity index (χ3v) is 4.49. The number of halogens is 2. The summed E-state index contributed by atoms with van der Waals surface area (Å²) in [7, 11) is 0. The molecule has 0 radical (unpaired) electrons. The van der Waals surface area contributed by atoms with Gasteiger partial charge in [0, 0.05) is 20.5 Å². The molecule has 0 unspecified atom stereocenters. The Balaban J connectivity index is 2.01. The molecule has 0 spiro atoms. The second-order valence-corrected chi connectivity index (χ2v) is 6.03. The van der Waals surface area contributed by atoms with E-state index in [0.717, 1.165) is 16.0 Å². The van der Waals surface area contributed by atoms with Crippen molar-refractivity contribution in [1.82, 2.24) is 0 Å². The van der Waals surface area contributed by atoms with Crippen LogP contribution in [-0.4, -0.2) is 5.78 Å². The average Bonchev–Trinajstić information content (AvgIpc) is 2.70. The summed E-state index contributed by atoms with van der Waals surface area (Å²) < 4.78 is 0. The van der Waals surface area contributed by atoms with Crippen molar-refractivity contribution < 1.29 is 4.79 Å². The maximum absolute atomic E-state index is 12.2. The second-order valence-electron chi connectivity index (χ2n) is 4.10. The van der Waals surface area contributed by atoms with Crippen LogP contribution in [-0.2, 0) is 0 Å². The lowest BCUT2D eigenvalue weighted by atomic mass is 10.1. The lowest BCUT2D eigenvalue weighted by Crippen LogP contribution is -1.93. The number of fused-ring (bicyclic) bond motifs is 1. The van der Waals surface area contributed by atoms with Crippen LogP contribution in [0.5, 0.6) is 0 Å². The zero-order valence-corrected chi connectivity index (χ0v) is 12.0. The van der Waals surface area contributed by atoms with E-state index in [1.807, 2.05) is 36.4 Å². The van der Waals surface area contributed by atoms with Gasteiger partial charge < -0.3 is 0 Å². The minimum atomic E-state index is 0.0478. The molecule has 1 aliphatic heterocycles. The lowest BCUT2D eigenvalue weighted by molar-refractivity contribution is 0.104. The first-order valence-electron chi connectivity index (χ1n) is 5.63. The lowest BCUT2D eigenvalue weighted by Gasteiger charge is -2.00. The normalized spacial score (nSPS) is 15.9. The van der Waals surface area contributed by atoms with E-state index >= 15 is 0 Å². The van der Waals surface area contributed by atoms with Crippen LogP contribution in [0.3, 0.4) is 0 Å². The number of Topliss-reactive ketones (excluding diaryl/α,β-unsaturated/α-hetero) is 1. The van der Waals surface area contributed by atoms with Crippen LogP contribution in [0.15, 0.2) is 52.3 Å². The maximum Gasteiger partial charge on any atom is 0.200 e. The zero-order chi connectivity index (χ0) is 13.4. The number of ketones is 1. The molecule has 0 N–H and O–H groups in total. The van der Waals surface area contributed by atoms with Crippen molar-refractivity contribution in [3.63, 3.8) is 0 Å². The molecule has 3 rings (SSSR count). The average molecular weight is 307 g/mol. The molecule has 1 nitrogen and oxygen atoms in total. The molecule has 0 aromatic heterocycles. The highest BCUT2D eigenvalue weighted by atomic mass is 35.5. The molecule has 0 saturated heterocycles. The van der Waals surface area contributed by atoms with E-state index in [-0.39, 0.29) is 5.78 Å². The fourth-order valence-electron chi connectivity index (χ4n) is 1.90. The Morgan fingerprint density at radius 2 is 1.84 bits per heavy atom. The summed E-state index contributed by atoms with van der Waals surface area (Å²) in [6.45, 7) is 0. The first-order chi connectivity index (χ1) is 9.15. The van der Waals surface area contributed by atoms with Gasteiger partial charge in [0.25, 0.3) is 0 Å². The van der Waals surface area contributed by atoms with Gasteiger partial charge in [0.15, 0.2) is 0 Å². The molecule has 0 amide bonds. The van der Waals surface area contributed by atoms with Crippen molar-refractivity contribution in [3.05, 3.63) is 68.5 Å². The molecule has 2 aromatic rings. The molecular formula is C15H8Cl2OS. The van der Waals surface area contributed by atoms with Gasteiger partial charge >= 0.3 is 0 Å². The highest BCUT2D eigenvalue weighted by molar-refractivity contribution is 8.04. The first-order valence-corrected chi connectivity index (χ1v) is 7.21. The molecule has 0 saturated carbocycles. The third-order valence-electron chi connectivity index (χ3n) is 2.82. The van der Waals surface area contributed by atoms with Gasteiger partial charge in [-0.05, 0) is 35.9 Å². The Hall–Kier alpha value is -1.22. The van der Waals surface area contributed by atoms with Crippen molar-refractivity contribution in [2.75, 3.05) is 0 Å². The molecule has 94 valence electrons. The van der Waals surface area contributed by atoms with Crippen LogP contribution in [0.4, 0.5) is 0 Å². The van der Waals surface area contributed by atoms with Crippen molar-refractivity contribution in [1.29, 1.82) is 0 Å². The predicted octanol–water partition coefficient (Wildman–Crippen LogP) is 5.32. The van der Waals surface area contributed by atoms with Gasteiger partial charge in [-0.1, -0.05) is 53.2 Å². The van der Waals surface area contributed by atoms with Gasteiger partial charge in [0.1, 0.15) is 0 Å². The Kier molecular flexibility index (Phi) is 3.40. The number of carbonyl (C=O) groups is 1. The fraction of sp³-hybridized carbons (Fsp3) is 0. The molecule has 2 aromatic carbocycles. The summed E-state index contributed by atoms with van der Waals surface area (Å²) in [6.07, 6.45) is 1.81. The van der Waals surface area contributed by atoms with Crippen LogP contribution < -0.4 is 0 Å². The SMILES string of the molecule is O=C1/C(=C/c2ccc(Cl)cc2Cl)Sc2ccccc21. The summed E-state index contributed by atoms with van der Waals surface area (Å²) in [5.74, 6) is 0.0478. The van der Waals surface area contributed by atoms with Crippen LogP contribution in [0, 0.1) is 0 Å². The minimum absolute atomic E-state index is 0.0478. The van der Waals surface area contributed by atoms with E-state index in [1.165, 1.54) is 11.8 Å². The molecule has 19 heavy (non-hydrogen) atoms. The van der Waals surface area contributed by atoms with E-state index in [9.17, 15) is 4.79 Å². The number of thioether (sulfide) groups is 1. The molecule has 1 heterocycles. The standard InChI is InChI=1S/C15H8Cl2OS/c16-10-6-5-9(12(17)8-10)7-14-15(18)11-3-1-2-4-13(11)19-14/h1-8H/b14-7-. The van der Waals surface area contributed by atoms with E-state index in [1.54, 1.807) is 12.1 Å². The number of allylic oxidation sites excluding steroid dienone is 1. The van der Waals surface area contributed by atoms with Crippen molar-refractivity contribution in [2.24, 2.45) is 0 Å². The van der Waals surface area contributed by atoms with Crippen LogP contribution in [0.2, 0.25) is 10.0 Å². The van der Waals surface area contributed by atoms with Crippen LogP contribution in [0.1, 0.15) is 15.9 Å². The van der Waals surface area contributed by atoms with Crippen molar-refractivity contribution in [2.45, 2.75) is 4.90 Å². The van der Waals surface area contributed by atoms with Crippen molar-refractivity contribution in [3.8, 4) is 0 Å². The fourth-order valence-corrected chi connectivity index (χ4v) is 3.40. The molecule has 4 heteroatoms. The molecule has 0 atom stereocenters. The Morgan fingerprint density at radius 1 is 1.05 bits per heavy atom. The van der Waals surface area contributed by atoms with Gasteiger partial charge in [-0.3, -0.25) is 4.79 Å². The molecule has 0 bridgehead atoms. The van der Waals surface area contributed by atoms with Gasteiger partial charge in [0.05, 0.1) is 4.91 Å². The molecule has 0 aliphatic carbocycles. The number of carbonyl (C=O) groups excluding carboxylic acids is 1. The topological polar surface area (TPSA) is 17.1 Å². The minimum Gasteiger partial charge on any atom is -0.288 e. The van der Waals surface area contributed by atoms with Crippen molar-refractivity contribution >= 4 is 46.8 Å². The summed E-state index contributed by atoms with van der Waals surface area (Å²) in [6, 6.07) is 12.8. The van der Waals surface area contributed by atoms with Gasteiger partial charge in [-0.15, -0.1) is 0 Å². The summed E-state index contributed by atoms with van der Waals surface area (Å²) in [4.78, 5) is 13.9. The number of benzene rings is 2. The molecule has 0 fully saturated rings. The highest BCUT2D eigenvalue weighted by Crippen LogP contribution is 2.41. The van der Waals surface area contributed by atoms with E-state index in [2.05, 4.69) is 0 Å². The smallest absolute Gasteiger partial charge is 0.200 e. The van der Waals surface area contributed by atoms with Crippen LogP contribution >= 0.6 is 35.0 Å². The largest absolute Gasteiger partial charge is 0.288 e. The Bertz CT molecular complexity index is 707. The second kappa shape index (κ2) is 5.04. The summed E-state index contributed by atoms with van der Waals surface area (Å²) in [5.41, 5.74) is 1.55. The summed E-state index contributed by atoms with van der Waals surface area (Å²) >= 11 is 13.4. The third kappa shape index (κ3) is 2.44. The van der Waals surface area contributed by atoms with Gasteiger partial charge in [0.2, 0.25) is 5.78 Å². The predicted molar refractivity (Wildman–Crippen MR) is 81.1 cm³/mol. The van der Waals surface area contributed by atoms with Gasteiger partial charge in [-0.2, -0.15) is 0 Å². The number of hydrogen-bond donors (Lipinski definition) is 0. The van der Waals surface area contributed by atoms with Crippen LogP contribution in [0.25, 0.3) is 6.08 Å². The zero-order valence-electron chi connectivity index (χ0n) is 9.69. The first kappa shape index (κ1) is 12.8. The Morgan fingerprint density at radius 3 is 2.58 bits per heavy atom. The highest BCUT2D eigenvalue weighted by Gasteiger charge is 2.25. The Labute approximate surface area is 125 Å². The van der Waals surface area contributed by atoms with E-state index in [4.69, 9.17) is 23.2 Å². The van der Waals surface area contributed by atoms with E-state index < -0.39 is 0 Å². The number of hydrogen-bond acceptors (Lipinski definition) is 2. The number of rotatable bonds is 1. The molecular weight excluding hydrogens is 299 g/mol. The maximum atomic E-state index is 12.2. The molecule has 1 aliphatic rings. The summed E-state index contributed by atoms with van der Waals surface area (Å²) in [5, 5.41) is 1.13.